The Labute approximate surface area is 176 Å². The number of carbonyl (C=O) groups is 1. The molecule has 30 heavy (non-hydrogen) atoms. The Hall–Kier alpha value is -3.22. The van der Waals surface area contributed by atoms with Crippen molar-refractivity contribution in [1.82, 2.24) is 10.2 Å². The summed E-state index contributed by atoms with van der Waals surface area (Å²) in [7, 11) is 1.65. The second-order valence-corrected chi connectivity index (χ2v) is 7.87. The summed E-state index contributed by atoms with van der Waals surface area (Å²) in [4.78, 5) is 14.4. The number of nitrogen functional groups attached to an aromatic ring is 1. The largest absolute Gasteiger partial charge is 0.493 e. The monoisotopic (exact) mass is 408 g/mol. The summed E-state index contributed by atoms with van der Waals surface area (Å²) in [5.74, 6) is 1.49. The van der Waals surface area contributed by atoms with Crippen LogP contribution in [0.25, 0.3) is 0 Å². The summed E-state index contributed by atoms with van der Waals surface area (Å²) in [6.07, 6.45) is 4.76. The predicted molar refractivity (Wildman–Crippen MR) is 115 cm³/mol. The zero-order chi connectivity index (χ0) is 21.1. The summed E-state index contributed by atoms with van der Waals surface area (Å²) in [6, 6.07) is 13.2. The van der Waals surface area contributed by atoms with Crippen molar-refractivity contribution in [3.63, 3.8) is 0 Å². The van der Waals surface area contributed by atoms with Crippen molar-refractivity contribution in [2.45, 2.75) is 44.4 Å². The third-order valence-corrected chi connectivity index (χ3v) is 5.87. The van der Waals surface area contributed by atoms with Crippen LogP contribution in [0.5, 0.6) is 11.5 Å². The van der Waals surface area contributed by atoms with E-state index in [1.54, 1.807) is 7.11 Å². The molecule has 7 heteroatoms. The number of nitrogens with two attached hydrogens (primary N) is 1. The Bertz CT molecular complexity index is 923. The Kier molecular flexibility index (Phi) is 5.79. The van der Waals surface area contributed by atoms with Crippen molar-refractivity contribution >= 4 is 11.9 Å². The van der Waals surface area contributed by atoms with Gasteiger partial charge in [-0.3, -0.25) is 5.41 Å². The van der Waals surface area contributed by atoms with Gasteiger partial charge < -0.3 is 25.4 Å². The number of urea groups is 1. The Morgan fingerprint density at radius 1 is 1.17 bits per heavy atom. The smallest absolute Gasteiger partial charge is 0.318 e. The van der Waals surface area contributed by atoms with Crippen molar-refractivity contribution < 1.29 is 14.3 Å². The molecule has 1 saturated heterocycles. The molecule has 1 heterocycles. The molecule has 4 N–H and O–H groups in total. The molecule has 2 aliphatic rings. The number of methoxy groups -OCH3 is 1. The van der Waals surface area contributed by atoms with E-state index in [0.29, 0.717) is 24.4 Å². The van der Waals surface area contributed by atoms with Gasteiger partial charge in [0.25, 0.3) is 0 Å². The molecule has 1 aliphatic carbocycles. The zero-order valence-corrected chi connectivity index (χ0v) is 17.2. The van der Waals surface area contributed by atoms with Crippen LogP contribution in [0.15, 0.2) is 42.5 Å². The third-order valence-electron chi connectivity index (χ3n) is 5.87. The third kappa shape index (κ3) is 4.20. The summed E-state index contributed by atoms with van der Waals surface area (Å²) >= 11 is 0. The number of nitrogens with zero attached hydrogens (tertiary/aromatic N) is 1. The Balaban J connectivity index is 1.55. The first-order valence-electron chi connectivity index (χ1n) is 10.4. The Morgan fingerprint density at radius 2 is 1.90 bits per heavy atom. The van der Waals surface area contributed by atoms with Crippen molar-refractivity contribution in [3.8, 4) is 11.5 Å². The molecule has 1 aliphatic heterocycles. The highest BCUT2D eigenvalue weighted by molar-refractivity contribution is 5.94. The molecule has 7 nitrogen and oxygen atoms in total. The molecule has 1 atom stereocenters. The molecule has 4 rings (SSSR count). The van der Waals surface area contributed by atoms with Gasteiger partial charge in [0, 0.05) is 18.7 Å². The number of ether oxygens (including phenoxy) is 2. The van der Waals surface area contributed by atoms with Gasteiger partial charge in [-0.1, -0.05) is 30.3 Å². The standard InChI is InChI=1S/C23H28N4O3/c1-29-20-11-10-17(12-21(20)30-18-4-2-3-5-18)19-13-26-23(28)27(19)14-15-6-8-16(9-7-15)22(24)25/h6-12,18-19H,2-5,13-14H2,1H3,(H3,24,25)(H,26,28). The van der Waals surface area contributed by atoms with E-state index in [9.17, 15) is 4.79 Å². The van der Waals surface area contributed by atoms with Gasteiger partial charge in [0.2, 0.25) is 0 Å². The number of hydrogen-bond donors (Lipinski definition) is 3. The molecule has 0 bridgehead atoms. The number of amidine groups is 1. The van der Waals surface area contributed by atoms with E-state index in [2.05, 4.69) is 5.32 Å². The molecule has 1 saturated carbocycles. The molecule has 2 fully saturated rings. The van der Waals surface area contributed by atoms with Crippen molar-refractivity contribution in [3.05, 3.63) is 59.2 Å². The van der Waals surface area contributed by atoms with Crippen LogP contribution < -0.4 is 20.5 Å². The minimum atomic E-state index is -0.0955. The van der Waals surface area contributed by atoms with E-state index in [1.165, 1.54) is 12.8 Å². The fraction of sp³-hybridized carbons (Fsp3) is 0.391. The lowest BCUT2D eigenvalue weighted by molar-refractivity contribution is 0.196. The van der Waals surface area contributed by atoms with Gasteiger partial charge in [-0.25, -0.2) is 4.79 Å². The van der Waals surface area contributed by atoms with Crippen molar-refractivity contribution in [2.75, 3.05) is 13.7 Å². The number of carbonyl (C=O) groups excluding carboxylic acids is 1. The van der Waals surface area contributed by atoms with Gasteiger partial charge in [-0.2, -0.15) is 0 Å². The van der Waals surface area contributed by atoms with Crippen molar-refractivity contribution in [1.29, 1.82) is 5.41 Å². The maximum atomic E-state index is 12.5. The van der Waals surface area contributed by atoms with Gasteiger partial charge in [-0.15, -0.1) is 0 Å². The molecular weight excluding hydrogens is 380 g/mol. The van der Waals surface area contributed by atoms with Gasteiger partial charge in [0.05, 0.1) is 19.3 Å². The van der Waals surface area contributed by atoms with Crippen LogP contribution in [-0.2, 0) is 6.54 Å². The van der Waals surface area contributed by atoms with Crippen LogP contribution in [0, 0.1) is 5.41 Å². The fourth-order valence-electron chi connectivity index (χ4n) is 4.18. The lowest BCUT2D eigenvalue weighted by Crippen LogP contribution is -2.29. The highest BCUT2D eigenvalue weighted by atomic mass is 16.5. The summed E-state index contributed by atoms with van der Waals surface area (Å²) in [5.41, 5.74) is 8.20. The van der Waals surface area contributed by atoms with Crippen LogP contribution in [0.4, 0.5) is 4.79 Å². The van der Waals surface area contributed by atoms with E-state index < -0.39 is 0 Å². The molecule has 0 radical (unpaired) electrons. The minimum absolute atomic E-state index is 0.0337. The van der Waals surface area contributed by atoms with Gasteiger partial charge >= 0.3 is 6.03 Å². The van der Waals surface area contributed by atoms with Crippen LogP contribution in [0.2, 0.25) is 0 Å². The zero-order valence-electron chi connectivity index (χ0n) is 17.2. The number of hydrogen-bond acceptors (Lipinski definition) is 4. The van der Waals surface area contributed by atoms with E-state index in [-0.39, 0.29) is 24.0 Å². The highest BCUT2D eigenvalue weighted by Crippen LogP contribution is 2.36. The summed E-state index contributed by atoms with van der Waals surface area (Å²) in [6.45, 7) is 1.01. The SMILES string of the molecule is COc1ccc(C2CNC(=O)N2Cc2ccc(C(=N)N)cc2)cc1OC1CCCC1. The molecular formula is C23H28N4O3. The van der Waals surface area contributed by atoms with E-state index in [0.717, 1.165) is 29.7 Å². The lowest BCUT2D eigenvalue weighted by Gasteiger charge is -2.25. The topological polar surface area (TPSA) is 101 Å². The van der Waals surface area contributed by atoms with Crippen LogP contribution >= 0.6 is 0 Å². The molecule has 2 aromatic carbocycles. The molecule has 2 aromatic rings. The second-order valence-electron chi connectivity index (χ2n) is 7.87. The molecule has 2 amide bonds. The number of rotatable bonds is 7. The number of nitrogens with one attached hydrogen (secondary N) is 2. The molecule has 1 unspecified atom stereocenters. The lowest BCUT2D eigenvalue weighted by atomic mass is 10.0. The first-order valence-corrected chi connectivity index (χ1v) is 10.4. The van der Waals surface area contributed by atoms with Gasteiger partial charge in [-0.05, 0) is 48.9 Å². The quantitative estimate of drug-likeness (QED) is 0.482. The minimum Gasteiger partial charge on any atom is -0.493 e. The predicted octanol–water partition coefficient (Wildman–Crippen LogP) is 3.57. The van der Waals surface area contributed by atoms with E-state index in [4.69, 9.17) is 20.6 Å². The maximum absolute atomic E-state index is 12.5. The first kappa shape index (κ1) is 20.1. The Morgan fingerprint density at radius 3 is 2.57 bits per heavy atom. The number of amides is 2. The molecule has 0 spiro atoms. The second kappa shape index (κ2) is 8.65. The van der Waals surface area contributed by atoms with Gasteiger partial charge in [0.15, 0.2) is 11.5 Å². The van der Waals surface area contributed by atoms with Crippen molar-refractivity contribution in [2.24, 2.45) is 5.73 Å². The van der Waals surface area contributed by atoms with Crippen LogP contribution in [0.3, 0.4) is 0 Å². The van der Waals surface area contributed by atoms with Crippen LogP contribution in [-0.4, -0.2) is 36.5 Å². The maximum Gasteiger partial charge on any atom is 0.318 e. The van der Waals surface area contributed by atoms with E-state index >= 15 is 0 Å². The average Bonchev–Trinajstić information content (AvgIpc) is 3.39. The summed E-state index contributed by atoms with van der Waals surface area (Å²) in [5, 5.41) is 10.5. The highest BCUT2D eigenvalue weighted by Gasteiger charge is 2.32. The van der Waals surface area contributed by atoms with Crippen LogP contribution in [0.1, 0.15) is 48.4 Å². The number of benzene rings is 2. The summed E-state index contributed by atoms with van der Waals surface area (Å²) < 4.78 is 11.7. The molecule has 158 valence electrons. The normalized spacial score (nSPS) is 19.0. The van der Waals surface area contributed by atoms with E-state index in [1.807, 2.05) is 47.4 Å². The van der Waals surface area contributed by atoms with Gasteiger partial charge in [0.1, 0.15) is 5.84 Å². The fourth-order valence-corrected chi connectivity index (χ4v) is 4.18. The molecule has 0 aromatic heterocycles. The first-order chi connectivity index (χ1) is 14.5. The average molecular weight is 409 g/mol.